The molecule has 0 fully saturated rings. The van der Waals surface area contributed by atoms with E-state index in [-0.39, 0.29) is 0 Å². The fourth-order valence-electron chi connectivity index (χ4n) is 1.12. The highest BCUT2D eigenvalue weighted by Crippen LogP contribution is 2.04. The Balaban J connectivity index is 2.59. The van der Waals surface area contributed by atoms with Crippen LogP contribution in [0.2, 0.25) is 0 Å². The molecule has 1 heterocycles. The Labute approximate surface area is 79.9 Å². The molecule has 0 unspecified atom stereocenters. The Kier molecular flexibility index (Phi) is 3.50. The van der Waals surface area contributed by atoms with Crippen LogP contribution in [0, 0.1) is 6.92 Å². The van der Waals surface area contributed by atoms with Gasteiger partial charge in [0.05, 0.1) is 0 Å². The highest BCUT2D eigenvalue weighted by atomic mass is 15.0. The minimum absolute atomic E-state index is 0.956. The first-order valence-corrected chi connectivity index (χ1v) is 4.43. The molecule has 0 N–H and O–H groups in total. The van der Waals surface area contributed by atoms with Crippen molar-refractivity contribution >= 4 is 0 Å². The Hall–Kier alpha value is -1.31. The number of rotatable bonds is 3. The molecule has 2 heteroatoms. The third-order valence-electron chi connectivity index (χ3n) is 1.86. The number of aryl methyl sites for hydroxylation is 1. The first kappa shape index (κ1) is 9.78. The van der Waals surface area contributed by atoms with Crippen LogP contribution in [0.25, 0.3) is 0 Å². The lowest BCUT2D eigenvalue weighted by Crippen LogP contribution is -2.00. The van der Waals surface area contributed by atoms with E-state index in [4.69, 9.17) is 0 Å². The summed E-state index contributed by atoms with van der Waals surface area (Å²) in [6, 6.07) is 4.09. The van der Waals surface area contributed by atoms with Crippen LogP contribution >= 0.6 is 0 Å². The Bertz CT molecular complexity index is 290. The van der Waals surface area contributed by atoms with Gasteiger partial charge in [0.2, 0.25) is 0 Å². The normalized spacial score (nSPS) is 10.7. The highest BCUT2D eigenvalue weighted by molar-refractivity contribution is 5.20. The van der Waals surface area contributed by atoms with Crippen molar-refractivity contribution in [2.45, 2.75) is 13.3 Å². The lowest BCUT2D eigenvalue weighted by molar-refractivity contribution is 0.562. The van der Waals surface area contributed by atoms with E-state index in [0.717, 1.165) is 12.1 Å². The zero-order chi connectivity index (χ0) is 9.68. The maximum Gasteiger partial charge on any atom is 0.0407 e. The van der Waals surface area contributed by atoms with Crippen molar-refractivity contribution in [3.8, 4) is 0 Å². The van der Waals surface area contributed by atoms with Gasteiger partial charge in [-0.2, -0.15) is 0 Å². The van der Waals surface area contributed by atoms with Crippen LogP contribution in [0.1, 0.15) is 11.3 Å². The van der Waals surface area contributed by atoms with Crippen LogP contribution < -0.4 is 0 Å². The zero-order valence-corrected chi connectivity index (χ0v) is 8.49. The summed E-state index contributed by atoms with van der Waals surface area (Å²) in [6.45, 7) is 2.04. The lowest BCUT2D eigenvalue weighted by Gasteiger charge is -2.04. The van der Waals surface area contributed by atoms with E-state index in [0.29, 0.717) is 0 Å². The number of hydrogen-bond acceptors (Lipinski definition) is 2. The predicted octanol–water partition coefficient (Wildman–Crippen LogP) is 2.01. The SMILES string of the molecule is Cc1ncccc1CC=CN(C)C. The van der Waals surface area contributed by atoms with Crippen molar-refractivity contribution in [3.05, 3.63) is 41.9 Å². The van der Waals surface area contributed by atoms with Gasteiger partial charge < -0.3 is 4.90 Å². The van der Waals surface area contributed by atoms with Gasteiger partial charge in [0, 0.05) is 26.0 Å². The second-order valence-electron chi connectivity index (χ2n) is 3.30. The number of nitrogens with zero attached hydrogens (tertiary/aromatic N) is 2. The molecule has 0 aliphatic heterocycles. The van der Waals surface area contributed by atoms with Crippen LogP contribution in [-0.4, -0.2) is 24.0 Å². The molecule has 0 amide bonds. The van der Waals surface area contributed by atoms with E-state index < -0.39 is 0 Å². The Morgan fingerprint density at radius 1 is 1.46 bits per heavy atom. The van der Waals surface area contributed by atoms with Crippen molar-refractivity contribution in [1.29, 1.82) is 0 Å². The fourth-order valence-corrected chi connectivity index (χ4v) is 1.12. The molecule has 2 nitrogen and oxygen atoms in total. The van der Waals surface area contributed by atoms with Gasteiger partial charge in [-0.05, 0) is 31.2 Å². The molecule has 1 aromatic heterocycles. The van der Waals surface area contributed by atoms with E-state index in [1.54, 1.807) is 0 Å². The first-order valence-electron chi connectivity index (χ1n) is 4.43. The summed E-state index contributed by atoms with van der Waals surface area (Å²) in [4.78, 5) is 6.26. The van der Waals surface area contributed by atoms with Crippen LogP contribution in [0.5, 0.6) is 0 Å². The minimum atomic E-state index is 0.956. The van der Waals surface area contributed by atoms with Gasteiger partial charge in [-0.15, -0.1) is 0 Å². The van der Waals surface area contributed by atoms with Gasteiger partial charge in [0.1, 0.15) is 0 Å². The molecular weight excluding hydrogens is 160 g/mol. The van der Waals surface area contributed by atoms with Crippen LogP contribution in [0.3, 0.4) is 0 Å². The van der Waals surface area contributed by atoms with Gasteiger partial charge in [-0.1, -0.05) is 12.1 Å². The molecule has 70 valence electrons. The zero-order valence-electron chi connectivity index (χ0n) is 8.49. The van der Waals surface area contributed by atoms with Gasteiger partial charge in [0.25, 0.3) is 0 Å². The molecule has 13 heavy (non-hydrogen) atoms. The smallest absolute Gasteiger partial charge is 0.0407 e. The monoisotopic (exact) mass is 176 g/mol. The third kappa shape index (κ3) is 3.28. The molecular formula is C11H16N2. The minimum Gasteiger partial charge on any atom is -0.384 e. The van der Waals surface area contributed by atoms with E-state index in [1.807, 2.05) is 38.2 Å². The molecule has 0 aliphatic carbocycles. The van der Waals surface area contributed by atoms with Crippen LogP contribution in [-0.2, 0) is 6.42 Å². The summed E-state index contributed by atoms with van der Waals surface area (Å²) in [5.74, 6) is 0. The summed E-state index contributed by atoms with van der Waals surface area (Å²) in [5.41, 5.74) is 2.41. The molecule has 0 radical (unpaired) electrons. The average Bonchev–Trinajstić information content (AvgIpc) is 2.08. The first-order chi connectivity index (χ1) is 6.20. The van der Waals surface area contributed by atoms with Crippen molar-refractivity contribution in [1.82, 2.24) is 9.88 Å². The summed E-state index contributed by atoms with van der Waals surface area (Å²) in [7, 11) is 4.04. The summed E-state index contributed by atoms with van der Waals surface area (Å²) < 4.78 is 0. The van der Waals surface area contributed by atoms with Gasteiger partial charge in [-0.25, -0.2) is 0 Å². The van der Waals surface area contributed by atoms with E-state index in [1.165, 1.54) is 5.56 Å². The summed E-state index contributed by atoms with van der Waals surface area (Å²) in [6.07, 6.45) is 6.99. The molecule has 0 aliphatic rings. The largest absolute Gasteiger partial charge is 0.384 e. The van der Waals surface area contributed by atoms with Crippen molar-refractivity contribution in [3.63, 3.8) is 0 Å². The molecule has 0 aromatic carbocycles. The number of aromatic nitrogens is 1. The van der Waals surface area contributed by atoms with Gasteiger partial charge in [-0.3, -0.25) is 4.98 Å². The topological polar surface area (TPSA) is 16.1 Å². The van der Waals surface area contributed by atoms with Crippen LogP contribution in [0.4, 0.5) is 0 Å². The summed E-state index contributed by atoms with van der Waals surface area (Å²) in [5, 5.41) is 0. The molecule has 0 atom stereocenters. The van der Waals surface area contributed by atoms with E-state index in [2.05, 4.69) is 23.3 Å². The van der Waals surface area contributed by atoms with Crippen molar-refractivity contribution in [2.24, 2.45) is 0 Å². The van der Waals surface area contributed by atoms with E-state index in [9.17, 15) is 0 Å². The van der Waals surface area contributed by atoms with Crippen molar-refractivity contribution in [2.75, 3.05) is 14.1 Å². The molecule has 0 saturated carbocycles. The molecule has 1 rings (SSSR count). The van der Waals surface area contributed by atoms with Gasteiger partial charge >= 0.3 is 0 Å². The number of allylic oxidation sites excluding steroid dienone is 1. The highest BCUT2D eigenvalue weighted by Gasteiger charge is 1.93. The Morgan fingerprint density at radius 2 is 2.23 bits per heavy atom. The number of pyridine rings is 1. The maximum atomic E-state index is 4.23. The lowest BCUT2D eigenvalue weighted by atomic mass is 10.1. The molecule has 0 saturated heterocycles. The maximum absolute atomic E-state index is 4.23. The van der Waals surface area contributed by atoms with Crippen molar-refractivity contribution < 1.29 is 0 Å². The second-order valence-corrected chi connectivity index (χ2v) is 3.30. The van der Waals surface area contributed by atoms with Gasteiger partial charge in [0.15, 0.2) is 0 Å². The third-order valence-corrected chi connectivity index (χ3v) is 1.86. The van der Waals surface area contributed by atoms with Crippen LogP contribution in [0.15, 0.2) is 30.6 Å². The average molecular weight is 176 g/mol. The Morgan fingerprint density at radius 3 is 2.85 bits per heavy atom. The second kappa shape index (κ2) is 4.65. The number of hydrogen-bond donors (Lipinski definition) is 0. The molecule has 0 bridgehead atoms. The standard InChI is InChI=1S/C11H16N2/c1-10-11(6-4-8-12-10)7-5-9-13(2)3/h4-6,8-9H,7H2,1-3H3. The quantitative estimate of drug-likeness (QED) is 0.700. The van der Waals surface area contributed by atoms with E-state index >= 15 is 0 Å². The summed E-state index contributed by atoms with van der Waals surface area (Å²) >= 11 is 0. The fraction of sp³-hybridized carbons (Fsp3) is 0.364. The predicted molar refractivity (Wildman–Crippen MR) is 55.5 cm³/mol. The molecule has 0 spiro atoms. The molecule has 1 aromatic rings.